The van der Waals surface area contributed by atoms with E-state index in [4.69, 9.17) is 0 Å². The molecule has 3 nitrogen and oxygen atoms in total. The summed E-state index contributed by atoms with van der Waals surface area (Å²) in [5.41, 5.74) is 2.97. The molecule has 0 unspecified atom stereocenters. The zero-order valence-electron chi connectivity index (χ0n) is 4.86. The van der Waals surface area contributed by atoms with Crippen molar-refractivity contribution in [2.45, 2.75) is 6.92 Å². The molecule has 0 aromatic rings. The van der Waals surface area contributed by atoms with Crippen molar-refractivity contribution >= 4 is 6.09 Å². The summed E-state index contributed by atoms with van der Waals surface area (Å²) in [5.74, 6) is 0. The van der Waals surface area contributed by atoms with Crippen molar-refractivity contribution in [2.24, 2.45) is 0 Å². The maximum absolute atomic E-state index is 9.71. The molecule has 9 heavy (non-hydrogen) atoms. The van der Waals surface area contributed by atoms with Crippen molar-refractivity contribution in [1.82, 2.24) is 0 Å². The van der Waals surface area contributed by atoms with Crippen LogP contribution in [0.2, 0.25) is 0 Å². The quantitative estimate of drug-likeness (QED) is 0.453. The van der Waals surface area contributed by atoms with Crippen LogP contribution < -0.4 is 43.0 Å². The Labute approximate surface area is 72.5 Å². The van der Waals surface area contributed by atoms with Gasteiger partial charge in [-0.3, -0.25) is 5.73 Å². The average Bonchev–Trinajstić information content (AvgIpc) is 1.35. The number of quaternary nitrogens is 1. The zero-order valence-corrected chi connectivity index (χ0v) is 7.13. The van der Waals surface area contributed by atoms with Gasteiger partial charge in [0.05, 0.1) is 6.61 Å². The first-order valence-electron chi connectivity index (χ1n) is 1.76. The lowest BCUT2D eigenvalue weighted by Crippen LogP contribution is -3.00. The van der Waals surface area contributed by atoms with Crippen molar-refractivity contribution in [2.75, 3.05) is 6.61 Å². The van der Waals surface area contributed by atoms with E-state index in [-0.39, 0.29) is 37.2 Å². The molecule has 0 spiro atoms. The molecular weight excluding hydrogens is 188 g/mol. The Morgan fingerprint density at radius 3 is 1.78 bits per heavy atom. The maximum atomic E-state index is 9.71. The number of ether oxygens (including phenoxy) is 1. The highest BCUT2D eigenvalue weighted by Gasteiger charge is 1.88. The van der Waals surface area contributed by atoms with Crippen LogP contribution in [0.1, 0.15) is 6.92 Å². The molecule has 0 saturated carbocycles. The summed E-state index contributed by atoms with van der Waals surface area (Å²) in [7, 11) is 0. The van der Waals surface area contributed by atoms with E-state index in [2.05, 4.69) is 10.5 Å². The van der Waals surface area contributed by atoms with Crippen LogP contribution in [0.4, 0.5) is 4.79 Å². The van der Waals surface area contributed by atoms with Crippen LogP contribution in [-0.2, 0) is 4.74 Å². The Balaban J connectivity index is -0.0000000417. The van der Waals surface area contributed by atoms with E-state index in [1.165, 1.54) is 0 Å². The van der Waals surface area contributed by atoms with Crippen LogP contribution in [0.3, 0.4) is 0 Å². The van der Waals surface area contributed by atoms with E-state index in [9.17, 15) is 4.79 Å². The van der Waals surface area contributed by atoms with E-state index >= 15 is 0 Å². The van der Waals surface area contributed by atoms with Gasteiger partial charge in [0.2, 0.25) is 0 Å². The molecule has 0 aliphatic rings. The lowest BCUT2D eigenvalue weighted by Gasteiger charge is -1.84. The van der Waals surface area contributed by atoms with Gasteiger partial charge in [0.1, 0.15) is 0 Å². The molecular formula is C3H8Cl3NO2-2. The summed E-state index contributed by atoms with van der Waals surface area (Å²) in [4.78, 5) is 9.71. The summed E-state index contributed by atoms with van der Waals surface area (Å²) in [6.07, 6.45) is -0.461. The molecule has 0 aliphatic heterocycles. The van der Waals surface area contributed by atoms with E-state index in [1.807, 2.05) is 0 Å². The third-order valence-electron chi connectivity index (χ3n) is 0.305. The van der Waals surface area contributed by atoms with Crippen molar-refractivity contribution in [1.29, 1.82) is 0 Å². The Kier molecular flexibility index (Phi) is 39.9. The highest BCUT2D eigenvalue weighted by atomic mass is 35.5. The van der Waals surface area contributed by atoms with E-state index in [0.717, 1.165) is 0 Å². The number of hydrogen-bond acceptors (Lipinski definition) is 2. The predicted octanol–water partition coefficient (Wildman–Crippen LogP) is -9.60. The molecule has 0 saturated heterocycles. The minimum absolute atomic E-state index is 0. The normalized spacial score (nSPS) is 5.11. The summed E-state index contributed by atoms with van der Waals surface area (Å²) >= 11 is 0. The van der Waals surface area contributed by atoms with Gasteiger partial charge >= 0.3 is 6.09 Å². The number of carbonyl (C=O) groups excluding carboxylic acids is 1. The van der Waals surface area contributed by atoms with Gasteiger partial charge in [-0.2, -0.15) is 4.79 Å². The average molecular weight is 196 g/mol. The fourth-order valence-corrected chi connectivity index (χ4v) is 0.161. The summed E-state index contributed by atoms with van der Waals surface area (Å²) in [6.45, 7) is 2.16. The first-order chi connectivity index (χ1) is 2.77. The minimum atomic E-state index is -0.461. The summed E-state index contributed by atoms with van der Waals surface area (Å²) < 4.78 is 4.29. The Bertz CT molecular complexity index is 61.0. The van der Waals surface area contributed by atoms with Crippen LogP contribution in [0.25, 0.3) is 0 Å². The second-order valence-electron chi connectivity index (χ2n) is 0.805. The minimum Gasteiger partial charge on any atom is -1.00 e. The van der Waals surface area contributed by atoms with Gasteiger partial charge in [0.25, 0.3) is 0 Å². The molecule has 0 bridgehead atoms. The second kappa shape index (κ2) is 15.7. The van der Waals surface area contributed by atoms with Crippen LogP contribution in [0, 0.1) is 0 Å². The molecule has 0 heterocycles. The number of rotatable bonds is 1. The Morgan fingerprint density at radius 1 is 1.44 bits per heavy atom. The zero-order chi connectivity index (χ0) is 4.99. The van der Waals surface area contributed by atoms with Crippen LogP contribution >= 0.6 is 0 Å². The largest absolute Gasteiger partial charge is 1.00 e. The maximum Gasteiger partial charge on any atom is 0.511 e. The van der Waals surface area contributed by atoms with Gasteiger partial charge in [-0.25, -0.2) is 0 Å². The first kappa shape index (κ1) is 22.8. The van der Waals surface area contributed by atoms with Crippen molar-refractivity contribution in [3.8, 4) is 0 Å². The standard InChI is InChI=1S/C3H7NO2.3ClH/c1-2-6-3(4)5;;;/h2H2,1H3,(H2,4,5);3*1H/p-2. The highest BCUT2D eigenvalue weighted by molar-refractivity contribution is 5.53. The predicted molar refractivity (Wildman–Crippen MR) is 19.9 cm³/mol. The molecule has 6 heteroatoms. The van der Waals surface area contributed by atoms with Crippen LogP contribution in [0.15, 0.2) is 0 Å². The molecule has 60 valence electrons. The Morgan fingerprint density at radius 2 is 1.78 bits per heavy atom. The topological polar surface area (TPSA) is 53.9 Å². The smallest absolute Gasteiger partial charge is 0.511 e. The number of hydrogen-bond donors (Lipinski definition) is 1. The molecule has 0 rings (SSSR count). The third-order valence-corrected chi connectivity index (χ3v) is 0.305. The molecule has 0 aromatic carbocycles. The molecule has 0 aromatic heterocycles. The molecule has 0 radical (unpaired) electrons. The first-order valence-corrected chi connectivity index (χ1v) is 1.76. The van der Waals surface area contributed by atoms with Gasteiger partial charge < -0.3 is 42.0 Å². The van der Waals surface area contributed by atoms with Crippen molar-refractivity contribution in [3.05, 3.63) is 0 Å². The lowest BCUT2D eigenvalue weighted by atomic mass is 10.9. The molecule has 0 atom stereocenters. The number of halogens is 3. The van der Waals surface area contributed by atoms with Crippen LogP contribution in [-0.4, -0.2) is 12.7 Å². The van der Waals surface area contributed by atoms with Gasteiger partial charge in [-0.15, -0.1) is 0 Å². The fraction of sp³-hybridized carbons (Fsp3) is 0.667. The molecule has 3 N–H and O–H groups in total. The number of carbonyl (C=O) groups is 1. The van der Waals surface area contributed by atoms with Crippen LogP contribution in [0.5, 0.6) is 0 Å². The third kappa shape index (κ3) is 30.3. The SMILES string of the molecule is CCOC([NH3+])=O.[Cl-].[Cl-].[Cl-]. The fourth-order valence-electron chi connectivity index (χ4n) is 0.161. The molecule has 0 fully saturated rings. The second-order valence-corrected chi connectivity index (χ2v) is 0.805. The van der Waals surface area contributed by atoms with Gasteiger partial charge in [0.15, 0.2) is 0 Å². The lowest BCUT2D eigenvalue weighted by molar-refractivity contribution is -0.282. The van der Waals surface area contributed by atoms with Gasteiger partial charge in [0, 0.05) is 0 Å². The Hall–Kier alpha value is 0.300. The summed E-state index contributed by atoms with van der Waals surface area (Å²) in [5, 5.41) is 0. The number of amides is 1. The molecule has 0 aliphatic carbocycles. The van der Waals surface area contributed by atoms with Gasteiger partial charge in [-0.05, 0) is 6.92 Å². The highest BCUT2D eigenvalue weighted by Crippen LogP contribution is 1.63. The summed E-state index contributed by atoms with van der Waals surface area (Å²) in [6, 6.07) is 0. The van der Waals surface area contributed by atoms with E-state index in [1.54, 1.807) is 6.92 Å². The van der Waals surface area contributed by atoms with E-state index < -0.39 is 6.09 Å². The molecule has 1 amide bonds. The van der Waals surface area contributed by atoms with Gasteiger partial charge in [-0.1, -0.05) is 0 Å². The monoisotopic (exact) mass is 195 g/mol. The van der Waals surface area contributed by atoms with Crippen molar-refractivity contribution < 1.29 is 52.5 Å². The van der Waals surface area contributed by atoms with E-state index in [0.29, 0.717) is 6.61 Å². The van der Waals surface area contributed by atoms with Crippen molar-refractivity contribution in [3.63, 3.8) is 0 Å².